The van der Waals surface area contributed by atoms with Crippen molar-refractivity contribution in [3.63, 3.8) is 0 Å². The molecule has 1 aromatic rings. The van der Waals surface area contributed by atoms with Gasteiger partial charge >= 0.3 is 0 Å². The third-order valence-corrected chi connectivity index (χ3v) is 6.59. The molecule has 2 rings (SSSR count). The van der Waals surface area contributed by atoms with Gasteiger partial charge in [0.15, 0.2) is 0 Å². The van der Waals surface area contributed by atoms with Gasteiger partial charge in [0.1, 0.15) is 0 Å². The van der Waals surface area contributed by atoms with E-state index in [9.17, 15) is 8.42 Å². The highest BCUT2D eigenvalue weighted by atomic mass is 32.2. The lowest BCUT2D eigenvalue weighted by molar-refractivity contribution is 0.342. The summed E-state index contributed by atoms with van der Waals surface area (Å²) < 4.78 is 27.8. The molecule has 0 amide bonds. The Kier molecular flexibility index (Phi) is 5.07. The van der Waals surface area contributed by atoms with Gasteiger partial charge in [0.2, 0.25) is 10.0 Å². The van der Waals surface area contributed by atoms with Crippen molar-refractivity contribution in [3.05, 3.63) is 28.8 Å². The summed E-state index contributed by atoms with van der Waals surface area (Å²) in [4.78, 5) is 0.419. The Hall–Kier alpha value is -0.910. The van der Waals surface area contributed by atoms with Gasteiger partial charge in [-0.25, -0.2) is 8.42 Å². The third kappa shape index (κ3) is 3.30. The normalized spacial score (nSPS) is 21.2. The van der Waals surface area contributed by atoms with Crippen molar-refractivity contribution in [1.29, 1.82) is 0 Å². The van der Waals surface area contributed by atoms with E-state index in [2.05, 4.69) is 0 Å². The smallest absolute Gasteiger partial charge is 0.243 e. The maximum Gasteiger partial charge on any atom is 0.243 e. The van der Waals surface area contributed by atoms with E-state index >= 15 is 0 Å². The second-order valence-electron chi connectivity index (χ2n) is 6.06. The van der Waals surface area contributed by atoms with Crippen LogP contribution in [-0.2, 0) is 16.6 Å². The minimum absolute atomic E-state index is 0.0690. The van der Waals surface area contributed by atoms with Crippen molar-refractivity contribution in [2.75, 3.05) is 6.54 Å². The zero-order chi connectivity index (χ0) is 15.6. The first-order valence-corrected chi connectivity index (χ1v) is 9.14. The first-order chi connectivity index (χ1) is 9.87. The van der Waals surface area contributed by atoms with E-state index < -0.39 is 10.0 Å². The van der Waals surface area contributed by atoms with E-state index in [1.165, 1.54) is 0 Å². The number of nitrogens with zero attached hydrogens (tertiary/aromatic N) is 1. The molecule has 0 bridgehead atoms. The Morgan fingerprint density at radius 2 is 1.90 bits per heavy atom. The molecule has 1 saturated heterocycles. The van der Waals surface area contributed by atoms with Gasteiger partial charge in [-0.1, -0.05) is 18.9 Å². The quantitative estimate of drug-likeness (QED) is 0.933. The fourth-order valence-electron chi connectivity index (χ4n) is 3.10. The van der Waals surface area contributed by atoms with Crippen LogP contribution in [0.2, 0.25) is 0 Å². The summed E-state index contributed by atoms with van der Waals surface area (Å²) in [6, 6.07) is 3.76. The second kappa shape index (κ2) is 6.46. The monoisotopic (exact) mass is 310 g/mol. The summed E-state index contributed by atoms with van der Waals surface area (Å²) in [5, 5.41) is 0. The van der Waals surface area contributed by atoms with Crippen molar-refractivity contribution in [3.8, 4) is 0 Å². The number of nitrogens with two attached hydrogens (primary N) is 1. The van der Waals surface area contributed by atoms with E-state index in [0.29, 0.717) is 18.0 Å². The molecule has 0 spiro atoms. The molecule has 21 heavy (non-hydrogen) atoms. The first kappa shape index (κ1) is 16.5. The molecule has 1 heterocycles. The van der Waals surface area contributed by atoms with Crippen LogP contribution in [0.1, 0.15) is 49.3 Å². The predicted octanol–water partition coefficient (Wildman–Crippen LogP) is 2.72. The summed E-state index contributed by atoms with van der Waals surface area (Å²) in [6.45, 7) is 6.83. The van der Waals surface area contributed by atoms with Crippen molar-refractivity contribution >= 4 is 10.0 Å². The number of hydrogen-bond acceptors (Lipinski definition) is 3. The molecule has 1 unspecified atom stereocenters. The van der Waals surface area contributed by atoms with Crippen LogP contribution in [0.5, 0.6) is 0 Å². The minimum atomic E-state index is -3.44. The van der Waals surface area contributed by atoms with Crippen molar-refractivity contribution in [1.82, 2.24) is 4.31 Å². The molecule has 1 aliphatic rings. The van der Waals surface area contributed by atoms with E-state index in [-0.39, 0.29) is 6.04 Å². The van der Waals surface area contributed by atoms with Crippen molar-refractivity contribution in [2.45, 2.75) is 63.9 Å². The average Bonchev–Trinajstić information content (AvgIpc) is 2.63. The summed E-state index contributed by atoms with van der Waals surface area (Å²) in [5.41, 5.74) is 8.50. The van der Waals surface area contributed by atoms with Crippen LogP contribution in [-0.4, -0.2) is 25.3 Å². The molecule has 0 radical (unpaired) electrons. The Morgan fingerprint density at radius 3 is 2.57 bits per heavy atom. The molecule has 0 saturated carbocycles. The number of aryl methyl sites for hydroxylation is 2. The van der Waals surface area contributed by atoms with Gasteiger partial charge in [0.25, 0.3) is 0 Å². The second-order valence-corrected chi connectivity index (χ2v) is 7.92. The molecule has 0 aliphatic carbocycles. The molecular formula is C16H26N2O2S. The fraction of sp³-hybridized carbons (Fsp3) is 0.625. The van der Waals surface area contributed by atoms with Crippen LogP contribution in [0, 0.1) is 13.8 Å². The van der Waals surface area contributed by atoms with Gasteiger partial charge in [0, 0.05) is 19.1 Å². The molecule has 1 aliphatic heterocycles. The topological polar surface area (TPSA) is 63.4 Å². The highest BCUT2D eigenvalue weighted by Gasteiger charge is 2.31. The average molecular weight is 310 g/mol. The lowest BCUT2D eigenvalue weighted by Crippen LogP contribution is -2.38. The van der Waals surface area contributed by atoms with Crippen LogP contribution in [0.25, 0.3) is 0 Å². The predicted molar refractivity (Wildman–Crippen MR) is 85.6 cm³/mol. The van der Waals surface area contributed by atoms with Crippen LogP contribution in [0.3, 0.4) is 0 Å². The summed E-state index contributed by atoms with van der Waals surface area (Å²) in [6.07, 6.45) is 4.09. The maximum atomic E-state index is 13.0. The van der Waals surface area contributed by atoms with E-state index in [0.717, 1.165) is 42.4 Å². The van der Waals surface area contributed by atoms with E-state index in [4.69, 9.17) is 5.73 Å². The lowest BCUT2D eigenvalue weighted by Gasteiger charge is -2.27. The molecular weight excluding hydrogens is 284 g/mol. The highest BCUT2D eigenvalue weighted by Crippen LogP contribution is 2.28. The number of benzene rings is 1. The van der Waals surface area contributed by atoms with Gasteiger partial charge in [-0.05, 0) is 56.4 Å². The highest BCUT2D eigenvalue weighted by molar-refractivity contribution is 7.89. The standard InChI is InChI=1S/C16H26N2O2S/c1-12-9-13(2)16(10-15(12)11-17)21(19,20)18-8-6-4-5-7-14(18)3/h9-10,14H,4-8,11,17H2,1-3H3. The Balaban J connectivity index is 2.47. The molecule has 4 nitrogen and oxygen atoms in total. The van der Waals surface area contributed by atoms with Crippen molar-refractivity contribution < 1.29 is 8.42 Å². The lowest BCUT2D eigenvalue weighted by atomic mass is 10.1. The van der Waals surface area contributed by atoms with Gasteiger partial charge in [-0.2, -0.15) is 4.31 Å². The molecule has 5 heteroatoms. The maximum absolute atomic E-state index is 13.0. The first-order valence-electron chi connectivity index (χ1n) is 7.70. The van der Waals surface area contributed by atoms with Crippen LogP contribution >= 0.6 is 0 Å². The zero-order valence-corrected chi connectivity index (χ0v) is 14.0. The number of rotatable bonds is 3. The minimum Gasteiger partial charge on any atom is -0.326 e. The fourth-order valence-corrected chi connectivity index (χ4v) is 5.06. The Labute approximate surface area is 128 Å². The molecule has 118 valence electrons. The van der Waals surface area contributed by atoms with Crippen LogP contribution < -0.4 is 5.73 Å². The number of sulfonamides is 1. The SMILES string of the molecule is Cc1cc(C)c(S(=O)(=O)N2CCCCCC2C)cc1CN. The van der Waals surface area contributed by atoms with Gasteiger partial charge in [-0.3, -0.25) is 0 Å². The molecule has 1 fully saturated rings. The molecule has 1 aromatic carbocycles. The van der Waals surface area contributed by atoms with Gasteiger partial charge in [-0.15, -0.1) is 0 Å². The molecule has 0 aromatic heterocycles. The summed E-state index contributed by atoms with van der Waals surface area (Å²) >= 11 is 0. The molecule has 1 atom stereocenters. The Bertz CT molecular complexity index is 611. The largest absolute Gasteiger partial charge is 0.326 e. The third-order valence-electron chi connectivity index (χ3n) is 4.43. The van der Waals surface area contributed by atoms with Crippen LogP contribution in [0.15, 0.2) is 17.0 Å². The summed E-state index contributed by atoms with van der Waals surface area (Å²) in [7, 11) is -3.44. The van der Waals surface area contributed by atoms with Gasteiger partial charge < -0.3 is 5.73 Å². The van der Waals surface area contributed by atoms with E-state index in [1.807, 2.05) is 26.8 Å². The zero-order valence-electron chi connectivity index (χ0n) is 13.2. The van der Waals surface area contributed by atoms with Crippen molar-refractivity contribution in [2.24, 2.45) is 5.73 Å². The summed E-state index contributed by atoms with van der Waals surface area (Å²) in [5.74, 6) is 0. The Morgan fingerprint density at radius 1 is 1.19 bits per heavy atom. The number of hydrogen-bond donors (Lipinski definition) is 1. The van der Waals surface area contributed by atoms with E-state index in [1.54, 1.807) is 10.4 Å². The van der Waals surface area contributed by atoms with Gasteiger partial charge in [0.05, 0.1) is 4.90 Å². The molecule has 2 N–H and O–H groups in total. The van der Waals surface area contributed by atoms with Crippen LogP contribution in [0.4, 0.5) is 0 Å².